The maximum absolute atomic E-state index is 12.9. The van der Waals surface area contributed by atoms with Gasteiger partial charge in [-0.3, -0.25) is 4.79 Å². The molecule has 0 fully saturated rings. The molecule has 0 aliphatic heterocycles. The van der Waals surface area contributed by atoms with Crippen molar-refractivity contribution in [3.63, 3.8) is 0 Å². The van der Waals surface area contributed by atoms with Crippen molar-refractivity contribution < 1.29 is 9.90 Å². The molecule has 0 amide bonds. The number of aromatic carboxylic acids is 1. The number of benzene rings is 3. The van der Waals surface area contributed by atoms with Gasteiger partial charge in [-0.25, -0.2) is 4.79 Å². The Morgan fingerprint density at radius 3 is 2.52 bits per heavy atom. The smallest absolute Gasteiger partial charge is 0.335 e. The van der Waals surface area contributed by atoms with Crippen molar-refractivity contribution in [1.29, 1.82) is 0 Å². The van der Waals surface area contributed by atoms with Crippen LogP contribution in [0, 0.1) is 0 Å². The highest BCUT2D eigenvalue weighted by atomic mass is 32.1. The highest BCUT2D eigenvalue weighted by Crippen LogP contribution is 2.40. The fourth-order valence-electron chi connectivity index (χ4n) is 3.61. The number of fused-ring (bicyclic) bond motifs is 5. The number of hydrogen-bond acceptors (Lipinski definition) is 3. The predicted octanol–water partition coefficient (Wildman–Crippen LogP) is 4.68. The topological polar surface area (TPSA) is 54.4 Å². The van der Waals surface area contributed by atoms with Gasteiger partial charge in [0.05, 0.1) is 5.56 Å². The van der Waals surface area contributed by atoms with E-state index in [2.05, 4.69) is 6.07 Å². The van der Waals surface area contributed by atoms with Crippen LogP contribution >= 0.6 is 11.3 Å². The third-order valence-corrected chi connectivity index (χ3v) is 5.96. The molecule has 0 unspecified atom stereocenters. The normalized spacial score (nSPS) is 12.3. The summed E-state index contributed by atoms with van der Waals surface area (Å²) in [5.74, 6) is -0.935. The molecular weight excluding hydrogens is 332 g/mol. The van der Waals surface area contributed by atoms with Crippen molar-refractivity contribution in [2.45, 2.75) is 6.42 Å². The zero-order valence-electron chi connectivity index (χ0n) is 13.1. The molecule has 1 heterocycles. The number of rotatable bonds is 1. The van der Waals surface area contributed by atoms with Gasteiger partial charge in [-0.2, -0.15) is 0 Å². The molecule has 1 N–H and O–H groups in total. The lowest BCUT2D eigenvalue weighted by Gasteiger charge is -2.06. The van der Waals surface area contributed by atoms with Crippen molar-refractivity contribution in [3.8, 4) is 11.1 Å². The Morgan fingerprint density at radius 2 is 1.68 bits per heavy atom. The van der Waals surface area contributed by atoms with Crippen LogP contribution < -0.4 is 5.43 Å². The second kappa shape index (κ2) is 5.01. The Labute approximate surface area is 146 Å². The molecule has 4 aromatic rings. The van der Waals surface area contributed by atoms with Crippen LogP contribution in [0.2, 0.25) is 0 Å². The summed E-state index contributed by atoms with van der Waals surface area (Å²) in [6, 6.07) is 16.9. The standard InChI is InChI=1S/C21H12O3S/c22-20-14-3-1-2-4-18(14)25-19-9-13-7-11-5-6-12(21(23)24)8-15(11)16(13)10-17(19)20/h1-6,8-10H,7H2,(H,23,24). The van der Waals surface area contributed by atoms with Gasteiger partial charge in [0.2, 0.25) is 0 Å². The van der Waals surface area contributed by atoms with Gasteiger partial charge in [0.1, 0.15) is 0 Å². The van der Waals surface area contributed by atoms with Gasteiger partial charge in [0.25, 0.3) is 0 Å². The summed E-state index contributed by atoms with van der Waals surface area (Å²) in [6.45, 7) is 0. The Kier molecular flexibility index (Phi) is 2.88. The van der Waals surface area contributed by atoms with Crippen molar-refractivity contribution in [2.75, 3.05) is 0 Å². The molecule has 0 bridgehead atoms. The van der Waals surface area contributed by atoms with E-state index in [1.165, 1.54) is 0 Å². The van der Waals surface area contributed by atoms with Gasteiger partial charge in [0, 0.05) is 20.2 Å². The molecule has 25 heavy (non-hydrogen) atoms. The first-order valence-corrected chi connectivity index (χ1v) is 8.78. The summed E-state index contributed by atoms with van der Waals surface area (Å²) in [6.07, 6.45) is 0.772. The summed E-state index contributed by atoms with van der Waals surface area (Å²) in [7, 11) is 0. The Balaban J connectivity index is 1.84. The second-order valence-electron chi connectivity index (χ2n) is 6.29. The highest BCUT2D eigenvalue weighted by molar-refractivity contribution is 7.24. The summed E-state index contributed by atoms with van der Waals surface area (Å²) in [4.78, 5) is 24.2. The minimum atomic E-state index is -0.935. The number of hydrogen-bond donors (Lipinski definition) is 1. The van der Waals surface area contributed by atoms with Gasteiger partial charge in [-0.1, -0.05) is 18.2 Å². The maximum atomic E-state index is 12.9. The molecule has 4 heteroatoms. The minimum Gasteiger partial charge on any atom is -0.478 e. The number of carboxylic acids is 1. The van der Waals surface area contributed by atoms with Gasteiger partial charge < -0.3 is 5.11 Å². The zero-order valence-corrected chi connectivity index (χ0v) is 13.9. The first-order chi connectivity index (χ1) is 12.1. The van der Waals surface area contributed by atoms with Crippen molar-refractivity contribution in [2.24, 2.45) is 0 Å². The molecule has 3 nitrogen and oxygen atoms in total. The van der Waals surface area contributed by atoms with Crippen molar-refractivity contribution in [3.05, 3.63) is 81.5 Å². The summed E-state index contributed by atoms with van der Waals surface area (Å²) in [5, 5.41) is 10.7. The lowest BCUT2D eigenvalue weighted by atomic mass is 10.0. The quantitative estimate of drug-likeness (QED) is 0.449. The monoisotopic (exact) mass is 344 g/mol. The molecule has 1 aromatic heterocycles. The zero-order chi connectivity index (χ0) is 17.1. The van der Waals surface area contributed by atoms with E-state index < -0.39 is 5.97 Å². The predicted molar refractivity (Wildman–Crippen MR) is 101 cm³/mol. The summed E-state index contributed by atoms with van der Waals surface area (Å²) >= 11 is 1.62. The van der Waals surface area contributed by atoms with E-state index in [-0.39, 0.29) is 11.0 Å². The Morgan fingerprint density at radius 1 is 0.880 bits per heavy atom. The van der Waals surface area contributed by atoms with E-state index in [1.807, 2.05) is 36.4 Å². The molecule has 0 radical (unpaired) electrons. The Bertz CT molecular complexity index is 1270. The fourth-order valence-corrected chi connectivity index (χ4v) is 4.72. The van der Waals surface area contributed by atoms with Crippen LogP contribution in [0.3, 0.4) is 0 Å². The molecule has 1 aliphatic rings. The van der Waals surface area contributed by atoms with Gasteiger partial charge >= 0.3 is 5.97 Å². The molecule has 0 atom stereocenters. The van der Waals surface area contributed by atoms with Crippen LogP contribution in [0.15, 0.2) is 59.4 Å². The van der Waals surface area contributed by atoms with Gasteiger partial charge in [-0.05, 0) is 65.1 Å². The van der Waals surface area contributed by atoms with E-state index >= 15 is 0 Å². The van der Waals surface area contributed by atoms with Crippen LogP contribution in [0.4, 0.5) is 0 Å². The third-order valence-electron chi connectivity index (χ3n) is 4.83. The number of carbonyl (C=O) groups is 1. The van der Waals surface area contributed by atoms with Crippen LogP contribution in [-0.4, -0.2) is 11.1 Å². The summed E-state index contributed by atoms with van der Waals surface area (Å²) in [5.41, 5.74) is 4.47. The first kappa shape index (κ1) is 14.4. The van der Waals surface area contributed by atoms with Crippen molar-refractivity contribution in [1.82, 2.24) is 0 Å². The lowest BCUT2D eigenvalue weighted by Crippen LogP contribution is -2.01. The maximum Gasteiger partial charge on any atom is 0.335 e. The van der Waals surface area contributed by atoms with Crippen LogP contribution in [0.5, 0.6) is 0 Å². The van der Waals surface area contributed by atoms with Crippen LogP contribution in [0.1, 0.15) is 21.5 Å². The van der Waals surface area contributed by atoms with Gasteiger partial charge in [0.15, 0.2) is 5.43 Å². The van der Waals surface area contributed by atoms with E-state index in [0.29, 0.717) is 5.39 Å². The number of carboxylic acid groups (broad SMARTS) is 1. The van der Waals surface area contributed by atoms with Crippen LogP contribution in [0.25, 0.3) is 31.3 Å². The molecule has 0 spiro atoms. The minimum absolute atomic E-state index is 0.0370. The van der Waals surface area contributed by atoms with E-state index in [1.54, 1.807) is 23.5 Å². The van der Waals surface area contributed by atoms with Crippen molar-refractivity contribution >= 4 is 37.5 Å². The van der Waals surface area contributed by atoms with Gasteiger partial charge in [-0.15, -0.1) is 11.3 Å². The molecule has 120 valence electrons. The molecule has 5 rings (SSSR count). The average Bonchev–Trinajstić information content (AvgIpc) is 2.97. The first-order valence-electron chi connectivity index (χ1n) is 7.97. The largest absolute Gasteiger partial charge is 0.478 e. The summed E-state index contributed by atoms with van der Waals surface area (Å²) < 4.78 is 1.97. The van der Waals surface area contributed by atoms with E-state index in [4.69, 9.17) is 0 Å². The molecule has 0 saturated carbocycles. The SMILES string of the molecule is O=C(O)c1ccc2c(c1)-c1cc3c(=O)c4ccccc4sc3cc1C2. The highest BCUT2D eigenvalue weighted by Gasteiger charge is 2.21. The molecule has 1 aliphatic carbocycles. The Hall–Kier alpha value is -2.98. The average molecular weight is 344 g/mol. The fraction of sp³-hybridized carbons (Fsp3) is 0.0476. The van der Waals surface area contributed by atoms with Crippen LogP contribution in [-0.2, 0) is 6.42 Å². The molecule has 3 aromatic carbocycles. The van der Waals surface area contributed by atoms with E-state index in [9.17, 15) is 14.7 Å². The third kappa shape index (κ3) is 2.04. The molecular formula is C21H12O3S. The van der Waals surface area contributed by atoms with E-state index in [0.717, 1.165) is 43.5 Å². The molecule has 0 saturated heterocycles. The lowest BCUT2D eigenvalue weighted by molar-refractivity contribution is 0.0697. The second-order valence-corrected chi connectivity index (χ2v) is 7.37.